The lowest BCUT2D eigenvalue weighted by Gasteiger charge is -2.35. The summed E-state index contributed by atoms with van der Waals surface area (Å²) in [7, 11) is 0. The predicted molar refractivity (Wildman–Crippen MR) is 107 cm³/mol. The van der Waals surface area contributed by atoms with Gasteiger partial charge in [-0.05, 0) is 23.6 Å². The van der Waals surface area contributed by atoms with E-state index < -0.39 is 6.10 Å². The van der Waals surface area contributed by atoms with Gasteiger partial charge >= 0.3 is 0 Å². The Hall–Kier alpha value is -2.83. The molecule has 28 heavy (non-hydrogen) atoms. The maximum atomic E-state index is 12.3. The first kappa shape index (κ1) is 18.5. The van der Waals surface area contributed by atoms with Gasteiger partial charge in [-0.25, -0.2) is 0 Å². The highest BCUT2D eigenvalue weighted by atomic mass is 16.5. The molecular formula is C22H24N2O4. The number of carbonyl (C=O) groups excluding carboxylic acids is 1. The Morgan fingerprint density at radius 1 is 1.04 bits per heavy atom. The number of nitrogens with zero attached hydrogens (tertiary/aromatic N) is 2. The largest absolute Gasteiger partial charge is 0.490 e. The maximum Gasteiger partial charge on any atom is 0.289 e. The van der Waals surface area contributed by atoms with Crippen LogP contribution in [0.2, 0.25) is 0 Å². The molecule has 1 aliphatic rings. The number of amides is 1. The van der Waals surface area contributed by atoms with Crippen LogP contribution < -0.4 is 4.74 Å². The van der Waals surface area contributed by atoms with Crippen LogP contribution in [0, 0.1) is 0 Å². The van der Waals surface area contributed by atoms with E-state index >= 15 is 0 Å². The summed E-state index contributed by atoms with van der Waals surface area (Å²) in [6, 6.07) is 17.4. The third-order valence-corrected chi connectivity index (χ3v) is 5.04. The van der Waals surface area contributed by atoms with Crippen molar-refractivity contribution in [2.75, 3.05) is 39.3 Å². The number of furan rings is 1. The maximum absolute atomic E-state index is 12.3. The Morgan fingerprint density at radius 2 is 1.82 bits per heavy atom. The molecule has 146 valence electrons. The van der Waals surface area contributed by atoms with Crippen molar-refractivity contribution in [1.82, 2.24) is 9.80 Å². The van der Waals surface area contributed by atoms with Crippen LogP contribution in [0.15, 0.2) is 65.3 Å². The first-order chi connectivity index (χ1) is 13.7. The minimum absolute atomic E-state index is 0.0792. The molecule has 1 atom stereocenters. The van der Waals surface area contributed by atoms with E-state index in [-0.39, 0.29) is 12.5 Å². The van der Waals surface area contributed by atoms with Crippen molar-refractivity contribution in [2.45, 2.75) is 6.10 Å². The molecule has 0 bridgehead atoms. The number of hydrogen-bond donors (Lipinski definition) is 1. The Balaban J connectivity index is 1.26. The summed E-state index contributed by atoms with van der Waals surface area (Å²) in [4.78, 5) is 16.2. The molecule has 6 heteroatoms. The number of piperazine rings is 1. The second-order valence-electron chi connectivity index (χ2n) is 7.01. The lowest BCUT2D eigenvalue weighted by atomic mass is 10.1. The Bertz CT molecular complexity index is 912. The van der Waals surface area contributed by atoms with Crippen molar-refractivity contribution >= 4 is 16.7 Å². The summed E-state index contributed by atoms with van der Waals surface area (Å²) in [6.45, 7) is 3.44. The summed E-state index contributed by atoms with van der Waals surface area (Å²) in [5.74, 6) is 1.08. The summed E-state index contributed by atoms with van der Waals surface area (Å²) in [5, 5.41) is 12.6. The molecule has 1 amide bonds. The molecule has 2 aromatic carbocycles. The van der Waals surface area contributed by atoms with Crippen LogP contribution in [0.3, 0.4) is 0 Å². The van der Waals surface area contributed by atoms with Crippen molar-refractivity contribution in [3.05, 3.63) is 66.6 Å². The standard InChI is InChI=1S/C22H24N2O4/c25-18(16-28-20-8-3-6-17-5-1-2-7-19(17)20)15-23-10-12-24(13-11-23)22(26)21-9-4-14-27-21/h1-9,14,18,25H,10-13,15-16H2. The van der Waals surface area contributed by atoms with E-state index in [1.807, 2.05) is 42.5 Å². The molecule has 6 nitrogen and oxygen atoms in total. The summed E-state index contributed by atoms with van der Waals surface area (Å²) >= 11 is 0. The van der Waals surface area contributed by atoms with E-state index in [2.05, 4.69) is 4.90 Å². The minimum atomic E-state index is -0.591. The van der Waals surface area contributed by atoms with Gasteiger partial charge in [-0.15, -0.1) is 0 Å². The average molecular weight is 380 g/mol. The van der Waals surface area contributed by atoms with Gasteiger partial charge in [0.05, 0.1) is 6.26 Å². The number of ether oxygens (including phenoxy) is 1. The molecule has 1 aliphatic heterocycles. The predicted octanol–water partition coefficient (Wildman–Crippen LogP) is 2.63. The van der Waals surface area contributed by atoms with Crippen molar-refractivity contribution in [2.24, 2.45) is 0 Å². The number of benzene rings is 2. The van der Waals surface area contributed by atoms with E-state index in [1.165, 1.54) is 6.26 Å². The molecule has 0 spiro atoms. The number of carbonyl (C=O) groups is 1. The zero-order valence-electron chi connectivity index (χ0n) is 15.7. The average Bonchev–Trinajstić information content (AvgIpc) is 3.27. The number of rotatable bonds is 6. The summed E-state index contributed by atoms with van der Waals surface area (Å²) in [5.41, 5.74) is 0. The van der Waals surface area contributed by atoms with E-state index in [0.29, 0.717) is 25.4 Å². The van der Waals surface area contributed by atoms with Crippen LogP contribution in [0.5, 0.6) is 5.75 Å². The Labute approximate surface area is 163 Å². The van der Waals surface area contributed by atoms with Gasteiger partial charge in [0.2, 0.25) is 0 Å². The molecule has 1 N–H and O–H groups in total. The topological polar surface area (TPSA) is 66.2 Å². The molecule has 4 rings (SSSR count). The first-order valence-corrected chi connectivity index (χ1v) is 9.54. The van der Waals surface area contributed by atoms with Crippen LogP contribution >= 0.6 is 0 Å². The number of hydrogen-bond acceptors (Lipinski definition) is 5. The van der Waals surface area contributed by atoms with Crippen LogP contribution in [0.4, 0.5) is 0 Å². The molecule has 0 saturated carbocycles. The molecule has 0 radical (unpaired) electrons. The smallest absolute Gasteiger partial charge is 0.289 e. The zero-order chi connectivity index (χ0) is 19.3. The molecule has 3 aromatic rings. The highest BCUT2D eigenvalue weighted by Crippen LogP contribution is 2.25. The van der Waals surface area contributed by atoms with Gasteiger partial charge in [-0.2, -0.15) is 0 Å². The lowest BCUT2D eigenvalue weighted by molar-refractivity contribution is 0.0391. The van der Waals surface area contributed by atoms with E-state index in [0.717, 1.165) is 29.6 Å². The second-order valence-corrected chi connectivity index (χ2v) is 7.01. The molecule has 1 fully saturated rings. The van der Waals surface area contributed by atoms with Gasteiger partial charge in [0.1, 0.15) is 18.5 Å². The molecular weight excluding hydrogens is 356 g/mol. The van der Waals surface area contributed by atoms with Gasteiger partial charge in [-0.3, -0.25) is 9.69 Å². The lowest BCUT2D eigenvalue weighted by Crippen LogP contribution is -2.50. The molecule has 0 aliphatic carbocycles. The second kappa shape index (κ2) is 8.46. The van der Waals surface area contributed by atoms with Crippen molar-refractivity contribution in [3.8, 4) is 5.75 Å². The number of β-amino-alcohol motifs (C(OH)–C–C–N with tert-alkyl or cyclic N) is 1. The zero-order valence-corrected chi connectivity index (χ0v) is 15.7. The van der Waals surface area contributed by atoms with E-state index in [4.69, 9.17) is 9.15 Å². The van der Waals surface area contributed by atoms with Gasteiger partial charge in [0.25, 0.3) is 5.91 Å². The molecule has 1 saturated heterocycles. The highest BCUT2D eigenvalue weighted by molar-refractivity contribution is 5.91. The normalized spacial score (nSPS) is 16.2. The number of fused-ring (bicyclic) bond motifs is 1. The highest BCUT2D eigenvalue weighted by Gasteiger charge is 2.24. The summed E-state index contributed by atoms with van der Waals surface area (Å²) in [6.07, 6.45) is 0.918. The minimum Gasteiger partial charge on any atom is -0.490 e. The van der Waals surface area contributed by atoms with E-state index in [9.17, 15) is 9.90 Å². The van der Waals surface area contributed by atoms with E-state index in [1.54, 1.807) is 17.0 Å². The molecule has 2 heterocycles. The quantitative estimate of drug-likeness (QED) is 0.712. The SMILES string of the molecule is O=C(c1ccco1)N1CCN(CC(O)COc2cccc3ccccc23)CC1. The first-order valence-electron chi connectivity index (χ1n) is 9.54. The van der Waals surface area contributed by atoms with Crippen molar-refractivity contribution in [3.63, 3.8) is 0 Å². The van der Waals surface area contributed by atoms with Crippen molar-refractivity contribution < 1.29 is 19.1 Å². The monoisotopic (exact) mass is 380 g/mol. The van der Waals surface area contributed by atoms with Crippen LogP contribution in [-0.4, -0.2) is 66.2 Å². The van der Waals surface area contributed by atoms with Gasteiger partial charge in [-0.1, -0.05) is 36.4 Å². The summed E-state index contributed by atoms with van der Waals surface area (Å²) < 4.78 is 11.1. The molecule has 1 aromatic heterocycles. The fourth-order valence-corrected chi connectivity index (χ4v) is 3.55. The fourth-order valence-electron chi connectivity index (χ4n) is 3.55. The Kier molecular flexibility index (Phi) is 5.60. The number of aliphatic hydroxyl groups excluding tert-OH is 1. The third-order valence-electron chi connectivity index (χ3n) is 5.04. The van der Waals surface area contributed by atoms with Crippen LogP contribution in [0.1, 0.15) is 10.6 Å². The van der Waals surface area contributed by atoms with Gasteiger partial charge < -0.3 is 19.2 Å². The van der Waals surface area contributed by atoms with Crippen LogP contribution in [-0.2, 0) is 0 Å². The van der Waals surface area contributed by atoms with Gasteiger partial charge in [0.15, 0.2) is 5.76 Å². The van der Waals surface area contributed by atoms with Crippen molar-refractivity contribution in [1.29, 1.82) is 0 Å². The number of aliphatic hydroxyl groups is 1. The van der Waals surface area contributed by atoms with Crippen LogP contribution in [0.25, 0.3) is 10.8 Å². The third kappa shape index (κ3) is 4.18. The Morgan fingerprint density at radius 3 is 2.61 bits per heavy atom. The fraction of sp³-hybridized carbons (Fsp3) is 0.318. The molecule has 1 unspecified atom stereocenters. The van der Waals surface area contributed by atoms with Gasteiger partial charge in [0, 0.05) is 38.1 Å².